The lowest BCUT2D eigenvalue weighted by molar-refractivity contribution is -0.123. The van der Waals surface area contributed by atoms with Crippen LogP contribution in [0.15, 0.2) is 0 Å². The van der Waals surface area contributed by atoms with E-state index in [-0.39, 0.29) is 6.42 Å². The van der Waals surface area contributed by atoms with Crippen molar-refractivity contribution in [2.75, 3.05) is 5.32 Å². The Morgan fingerprint density at radius 2 is 2.29 bits per heavy atom. The zero-order valence-corrected chi connectivity index (χ0v) is 12.6. The van der Waals surface area contributed by atoms with Crippen molar-refractivity contribution in [3.63, 3.8) is 0 Å². The van der Waals surface area contributed by atoms with Crippen LogP contribution in [0.25, 0.3) is 0 Å². The van der Waals surface area contributed by atoms with E-state index < -0.39 is 17.9 Å². The Balaban J connectivity index is 2.19. The highest BCUT2D eigenvalue weighted by Crippen LogP contribution is 2.39. The molecule has 112 valence electrons. The van der Waals surface area contributed by atoms with E-state index in [1.165, 1.54) is 11.3 Å². The Bertz CT molecular complexity index is 617. The van der Waals surface area contributed by atoms with Gasteiger partial charge >= 0.3 is 0 Å². The lowest BCUT2D eigenvalue weighted by atomic mass is 9.88. The summed E-state index contributed by atoms with van der Waals surface area (Å²) in [6.45, 7) is 2.18. The fourth-order valence-electron chi connectivity index (χ4n) is 2.47. The van der Waals surface area contributed by atoms with Gasteiger partial charge in [0.2, 0.25) is 11.8 Å². The molecule has 0 saturated carbocycles. The summed E-state index contributed by atoms with van der Waals surface area (Å²) in [6.07, 6.45) is 2.62. The van der Waals surface area contributed by atoms with Crippen molar-refractivity contribution in [1.29, 1.82) is 5.26 Å². The predicted octanol–water partition coefficient (Wildman–Crippen LogP) is 0.886. The van der Waals surface area contributed by atoms with Gasteiger partial charge in [-0.25, -0.2) is 0 Å². The van der Waals surface area contributed by atoms with E-state index in [4.69, 9.17) is 11.5 Å². The molecule has 1 aromatic rings. The molecule has 2 atom stereocenters. The molecule has 0 aliphatic heterocycles. The maximum Gasteiger partial charge on any atom is 0.242 e. The summed E-state index contributed by atoms with van der Waals surface area (Å²) >= 11 is 1.43. The summed E-state index contributed by atoms with van der Waals surface area (Å²) < 4.78 is 0. The largest absolute Gasteiger partial charge is 0.370 e. The molecule has 0 saturated heterocycles. The van der Waals surface area contributed by atoms with Crippen molar-refractivity contribution in [3.05, 3.63) is 16.0 Å². The summed E-state index contributed by atoms with van der Waals surface area (Å²) in [4.78, 5) is 23.9. The molecule has 0 bridgehead atoms. The number of nitrogens with two attached hydrogens (primary N) is 2. The van der Waals surface area contributed by atoms with Gasteiger partial charge in [-0.2, -0.15) is 5.26 Å². The number of carbonyl (C=O) groups excluding carboxylic acids is 2. The Morgan fingerprint density at radius 1 is 1.57 bits per heavy atom. The number of rotatable bonds is 4. The van der Waals surface area contributed by atoms with Crippen LogP contribution in [0, 0.1) is 17.2 Å². The minimum Gasteiger partial charge on any atom is -0.370 e. The molecule has 21 heavy (non-hydrogen) atoms. The second-order valence-electron chi connectivity index (χ2n) is 5.43. The highest BCUT2D eigenvalue weighted by Gasteiger charge is 2.26. The molecule has 1 aromatic heterocycles. The van der Waals surface area contributed by atoms with E-state index in [9.17, 15) is 14.9 Å². The monoisotopic (exact) mass is 306 g/mol. The summed E-state index contributed by atoms with van der Waals surface area (Å²) in [5.41, 5.74) is 12.2. The number of carbonyl (C=O) groups is 2. The Hall–Kier alpha value is -1.91. The van der Waals surface area contributed by atoms with E-state index in [2.05, 4.69) is 18.3 Å². The third-order valence-electron chi connectivity index (χ3n) is 3.62. The van der Waals surface area contributed by atoms with Gasteiger partial charge in [0.25, 0.3) is 0 Å². The number of primary amides is 1. The second kappa shape index (κ2) is 6.24. The zero-order valence-electron chi connectivity index (χ0n) is 11.8. The molecular weight excluding hydrogens is 288 g/mol. The quantitative estimate of drug-likeness (QED) is 0.764. The van der Waals surface area contributed by atoms with Crippen molar-refractivity contribution in [1.82, 2.24) is 0 Å². The topological polar surface area (TPSA) is 122 Å². The highest BCUT2D eigenvalue weighted by molar-refractivity contribution is 7.16. The number of nitrogens with zero attached hydrogens (tertiary/aromatic N) is 1. The van der Waals surface area contributed by atoms with E-state index in [0.717, 1.165) is 29.7 Å². The fraction of sp³-hybridized carbons (Fsp3) is 0.500. The Kier molecular flexibility index (Phi) is 4.60. The van der Waals surface area contributed by atoms with Gasteiger partial charge in [-0.15, -0.1) is 11.3 Å². The number of fused-ring (bicyclic) bond motifs is 1. The van der Waals surface area contributed by atoms with Gasteiger partial charge in [0.05, 0.1) is 18.0 Å². The van der Waals surface area contributed by atoms with E-state index in [1.807, 2.05) is 0 Å². The van der Waals surface area contributed by atoms with Crippen molar-refractivity contribution < 1.29 is 9.59 Å². The summed E-state index contributed by atoms with van der Waals surface area (Å²) in [6, 6.07) is 1.17. The van der Waals surface area contributed by atoms with Crippen LogP contribution in [0.2, 0.25) is 0 Å². The number of nitrogens with one attached hydrogen (secondary N) is 1. The number of hydrogen-bond donors (Lipinski definition) is 3. The lowest BCUT2D eigenvalue weighted by Crippen LogP contribution is -2.38. The smallest absolute Gasteiger partial charge is 0.242 e. The third-order valence-corrected chi connectivity index (χ3v) is 4.79. The third kappa shape index (κ3) is 3.40. The van der Waals surface area contributed by atoms with Gasteiger partial charge in [-0.1, -0.05) is 6.92 Å². The number of amides is 2. The van der Waals surface area contributed by atoms with Crippen LogP contribution in [-0.2, 0) is 22.4 Å². The first kappa shape index (κ1) is 15.5. The molecule has 0 aromatic carbocycles. The van der Waals surface area contributed by atoms with Crippen LogP contribution >= 0.6 is 11.3 Å². The van der Waals surface area contributed by atoms with Gasteiger partial charge in [0.1, 0.15) is 11.1 Å². The molecule has 0 spiro atoms. The first-order chi connectivity index (χ1) is 9.92. The van der Waals surface area contributed by atoms with Crippen LogP contribution in [0.4, 0.5) is 5.00 Å². The average Bonchev–Trinajstić information content (AvgIpc) is 2.73. The first-order valence-corrected chi connectivity index (χ1v) is 7.63. The molecule has 2 unspecified atom stereocenters. The number of hydrogen-bond acceptors (Lipinski definition) is 5. The molecule has 7 heteroatoms. The van der Waals surface area contributed by atoms with E-state index in [1.54, 1.807) is 0 Å². The van der Waals surface area contributed by atoms with E-state index in [0.29, 0.717) is 16.5 Å². The lowest BCUT2D eigenvalue weighted by Gasteiger charge is -2.17. The molecule has 0 radical (unpaired) electrons. The van der Waals surface area contributed by atoms with Crippen LogP contribution < -0.4 is 16.8 Å². The second-order valence-corrected chi connectivity index (χ2v) is 6.54. The van der Waals surface area contributed by atoms with Gasteiger partial charge in [-0.05, 0) is 30.7 Å². The first-order valence-electron chi connectivity index (χ1n) is 6.81. The predicted molar refractivity (Wildman–Crippen MR) is 80.6 cm³/mol. The minimum absolute atomic E-state index is 0.212. The maximum absolute atomic E-state index is 11.9. The number of anilines is 1. The van der Waals surface area contributed by atoms with E-state index >= 15 is 0 Å². The average molecular weight is 306 g/mol. The Labute approximate surface area is 127 Å². The molecule has 5 N–H and O–H groups in total. The van der Waals surface area contributed by atoms with Crippen LogP contribution in [0.1, 0.15) is 35.8 Å². The van der Waals surface area contributed by atoms with Crippen molar-refractivity contribution in [3.8, 4) is 6.07 Å². The molecule has 1 heterocycles. The molecule has 1 aliphatic rings. The molecular formula is C14H18N4O2S. The molecule has 1 aliphatic carbocycles. The van der Waals surface area contributed by atoms with Gasteiger partial charge < -0.3 is 16.8 Å². The molecule has 2 amide bonds. The van der Waals surface area contributed by atoms with Gasteiger partial charge in [0.15, 0.2) is 0 Å². The van der Waals surface area contributed by atoms with Crippen molar-refractivity contribution in [2.24, 2.45) is 17.4 Å². The summed E-state index contributed by atoms with van der Waals surface area (Å²) in [5, 5.41) is 12.5. The van der Waals surface area contributed by atoms with Crippen molar-refractivity contribution >= 4 is 28.2 Å². The van der Waals surface area contributed by atoms with Crippen LogP contribution in [-0.4, -0.2) is 17.9 Å². The fourth-order valence-corrected chi connectivity index (χ4v) is 3.84. The summed E-state index contributed by atoms with van der Waals surface area (Å²) in [7, 11) is 0. The number of nitriles is 1. The summed E-state index contributed by atoms with van der Waals surface area (Å²) in [5.74, 6) is -0.530. The van der Waals surface area contributed by atoms with Crippen LogP contribution in [0.5, 0.6) is 0 Å². The normalized spacial score (nSPS) is 18.4. The zero-order chi connectivity index (χ0) is 15.6. The number of thiophene rings is 1. The minimum atomic E-state index is -0.993. The molecule has 6 nitrogen and oxygen atoms in total. The van der Waals surface area contributed by atoms with Crippen LogP contribution in [0.3, 0.4) is 0 Å². The molecule has 0 fully saturated rings. The van der Waals surface area contributed by atoms with Gasteiger partial charge in [-0.3, -0.25) is 9.59 Å². The Morgan fingerprint density at radius 3 is 2.90 bits per heavy atom. The highest BCUT2D eigenvalue weighted by atomic mass is 32.1. The SMILES string of the molecule is CC1CCc2c(sc(NC(=O)C(N)CC(N)=O)c2C#N)C1. The molecule has 2 rings (SSSR count). The maximum atomic E-state index is 11.9. The standard InChI is InChI=1S/C14H18N4O2S/c1-7-2-3-8-9(6-15)14(21-11(8)4-7)18-13(20)10(16)5-12(17)19/h7,10H,2-5,16H2,1H3,(H2,17,19)(H,18,20). The van der Waals surface area contributed by atoms with Crippen molar-refractivity contribution in [2.45, 2.75) is 38.6 Å². The van der Waals surface area contributed by atoms with Gasteiger partial charge in [0, 0.05) is 4.88 Å².